The summed E-state index contributed by atoms with van der Waals surface area (Å²) >= 11 is 0. The van der Waals surface area contributed by atoms with E-state index in [-0.39, 0.29) is 0 Å². The number of piperazine rings is 1. The maximum Gasteiger partial charge on any atom is 0.0272 e. The van der Waals surface area contributed by atoms with E-state index in [0.29, 0.717) is 0 Å². The van der Waals surface area contributed by atoms with Crippen LogP contribution < -0.4 is 11.4 Å². The molecule has 0 atom stereocenters. The van der Waals surface area contributed by atoms with Crippen LogP contribution in [-0.4, -0.2) is 42.6 Å². The number of nitrogens with one attached hydrogen (secondary N) is 1. The molecule has 4 nitrogen and oxygen atoms in total. The van der Waals surface area contributed by atoms with Gasteiger partial charge < -0.3 is 4.90 Å². The number of nitrogens with zero attached hydrogens (tertiary/aromatic N) is 2. The molecule has 0 aromatic heterocycles. The summed E-state index contributed by atoms with van der Waals surface area (Å²) in [6.45, 7) is 10.0. The molecule has 1 rings (SSSR count). The van der Waals surface area contributed by atoms with Crippen molar-refractivity contribution in [3.05, 3.63) is 0 Å². The molecule has 0 saturated carbocycles. The molecule has 0 aromatic rings. The molecule has 3 N–H and O–H groups in total. The molecule has 12 heavy (non-hydrogen) atoms. The van der Waals surface area contributed by atoms with E-state index in [1.807, 2.05) is 0 Å². The first-order valence-electron chi connectivity index (χ1n) is 4.66. The van der Waals surface area contributed by atoms with Gasteiger partial charge >= 0.3 is 0 Å². The van der Waals surface area contributed by atoms with Gasteiger partial charge in [0.05, 0.1) is 0 Å². The van der Waals surface area contributed by atoms with E-state index in [9.17, 15) is 0 Å². The van der Waals surface area contributed by atoms with E-state index in [1.54, 1.807) is 0 Å². The largest absolute Gasteiger partial charge is 0.300 e. The van der Waals surface area contributed by atoms with Gasteiger partial charge in [-0.3, -0.25) is 5.84 Å². The predicted molar refractivity (Wildman–Crippen MR) is 50.2 cm³/mol. The number of rotatable bonds is 3. The van der Waals surface area contributed by atoms with Crippen LogP contribution in [0.4, 0.5) is 0 Å². The van der Waals surface area contributed by atoms with Gasteiger partial charge in [0.2, 0.25) is 0 Å². The Balaban J connectivity index is 2.17. The van der Waals surface area contributed by atoms with Gasteiger partial charge in [0, 0.05) is 32.7 Å². The van der Waals surface area contributed by atoms with Crippen molar-refractivity contribution >= 4 is 0 Å². The van der Waals surface area contributed by atoms with Crippen LogP contribution in [0.1, 0.15) is 13.8 Å². The Bertz CT molecular complexity index is 118. The second-order valence-electron chi connectivity index (χ2n) is 3.81. The highest BCUT2D eigenvalue weighted by Gasteiger charge is 2.15. The number of hydrazine groups is 2. The van der Waals surface area contributed by atoms with E-state index in [0.717, 1.165) is 32.1 Å². The van der Waals surface area contributed by atoms with Gasteiger partial charge in [0.15, 0.2) is 0 Å². The molecular formula is C8H20N4. The molecule has 1 heterocycles. The fourth-order valence-electron chi connectivity index (χ4n) is 1.58. The number of hydrogen-bond acceptors (Lipinski definition) is 4. The number of hydrogen-bond donors (Lipinski definition) is 2. The fourth-order valence-corrected chi connectivity index (χ4v) is 1.58. The van der Waals surface area contributed by atoms with E-state index < -0.39 is 0 Å². The summed E-state index contributed by atoms with van der Waals surface area (Å²) in [6.07, 6.45) is 0. The van der Waals surface area contributed by atoms with E-state index in [2.05, 4.69) is 29.3 Å². The highest BCUT2D eigenvalue weighted by molar-refractivity contribution is 4.69. The van der Waals surface area contributed by atoms with Crippen LogP contribution in [0.15, 0.2) is 0 Å². The molecule has 0 unspecified atom stereocenters. The lowest BCUT2D eigenvalue weighted by molar-refractivity contribution is 0.0834. The Hall–Kier alpha value is -0.160. The summed E-state index contributed by atoms with van der Waals surface area (Å²) in [7, 11) is 0. The lowest BCUT2D eigenvalue weighted by Gasteiger charge is -2.34. The van der Waals surface area contributed by atoms with Crippen molar-refractivity contribution < 1.29 is 0 Å². The van der Waals surface area contributed by atoms with E-state index in [1.165, 1.54) is 6.54 Å². The number of nitrogens with two attached hydrogens (primary N) is 1. The Labute approximate surface area is 74.6 Å². The smallest absolute Gasteiger partial charge is 0.0272 e. The second-order valence-corrected chi connectivity index (χ2v) is 3.81. The maximum atomic E-state index is 5.31. The van der Waals surface area contributed by atoms with Gasteiger partial charge in [-0.15, -0.1) is 0 Å². The van der Waals surface area contributed by atoms with Crippen molar-refractivity contribution in [3.8, 4) is 0 Å². The molecular weight excluding hydrogens is 152 g/mol. The monoisotopic (exact) mass is 172 g/mol. The summed E-state index contributed by atoms with van der Waals surface area (Å²) in [4.78, 5) is 2.48. The molecule has 1 aliphatic heterocycles. The standard InChI is InChI=1S/C8H20N4/c1-8(2)7-11-3-5-12(10-9)6-4-11/h8,10H,3-7,9H2,1-2H3. The molecule has 1 aliphatic rings. The average Bonchev–Trinajstić information content (AvgIpc) is 2.05. The molecule has 0 spiro atoms. The van der Waals surface area contributed by atoms with Gasteiger partial charge in [0.25, 0.3) is 0 Å². The summed E-state index contributed by atoms with van der Waals surface area (Å²) in [5, 5.41) is 2.05. The van der Waals surface area contributed by atoms with Crippen LogP contribution in [0.5, 0.6) is 0 Å². The average molecular weight is 172 g/mol. The summed E-state index contributed by atoms with van der Waals surface area (Å²) in [5.74, 6) is 6.07. The molecule has 1 saturated heterocycles. The maximum absolute atomic E-state index is 5.31. The summed E-state index contributed by atoms with van der Waals surface area (Å²) in [6, 6.07) is 0. The fraction of sp³-hybridized carbons (Fsp3) is 1.00. The first kappa shape index (κ1) is 9.92. The highest BCUT2D eigenvalue weighted by atomic mass is 15.6. The molecule has 72 valence electrons. The molecule has 0 bridgehead atoms. The van der Waals surface area contributed by atoms with Gasteiger partial charge in [-0.05, 0) is 5.92 Å². The Morgan fingerprint density at radius 3 is 2.25 bits per heavy atom. The van der Waals surface area contributed by atoms with Crippen molar-refractivity contribution in [3.63, 3.8) is 0 Å². The minimum atomic E-state index is 0.766. The molecule has 1 fully saturated rings. The Morgan fingerprint density at radius 2 is 1.83 bits per heavy atom. The third kappa shape index (κ3) is 3.06. The van der Waals surface area contributed by atoms with E-state index in [4.69, 9.17) is 5.84 Å². The topological polar surface area (TPSA) is 44.5 Å². The zero-order valence-electron chi connectivity index (χ0n) is 8.08. The molecule has 0 aliphatic carbocycles. The van der Waals surface area contributed by atoms with Crippen molar-refractivity contribution in [2.45, 2.75) is 13.8 Å². The van der Waals surface area contributed by atoms with Crippen LogP contribution in [0.2, 0.25) is 0 Å². The van der Waals surface area contributed by atoms with Crippen LogP contribution >= 0.6 is 0 Å². The zero-order valence-corrected chi connectivity index (χ0v) is 8.08. The first-order valence-corrected chi connectivity index (χ1v) is 4.66. The lowest BCUT2D eigenvalue weighted by atomic mass is 10.2. The Kier molecular flexibility index (Phi) is 3.94. The summed E-state index contributed by atoms with van der Waals surface area (Å²) in [5.41, 5.74) is 2.68. The molecule has 4 heteroatoms. The van der Waals surface area contributed by atoms with Crippen molar-refractivity contribution in [2.24, 2.45) is 11.8 Å². The third-order valence-electron chi connectivity index (χ3n) is 2.18. The van der Waals surface area contributed by atoms with Crippen LogP contribution in [0, 0.1) is 5.92 Å². The van der Waals surface area contributed by atoms with Crippen molar-refractivity contribution in [1.29, 1.82) is 0 Å². The van der Waals surface area contributed by atoms with Crippen LogP contribution in [-0.2, 0) is 0 Å². The first-order chi connectivity index (χ1) is 5.72. The minimum Gasteiger partial charge on any atom is -0.300 e. The normalized spacial score (nSPS) is 22.0. The Morgan fingerprint density at radius 1 is 1.25 bits per heavy atom. The van der Waals surface area contributed by atoms with Gasteiger partial charge in [0.1, 0.15) is 0 Å². The van der Waals surface area contributed by atoms with Gasteiger partial charge in [-0.25, -0.2) is 5.01 Å². The quantitative estimate of drug-likeness (QED) is 0.451. The highest BCUT2D eigenvalue weighted by Crippen LogP contribution is 2.02. The zero-order chi connectivity index (χ0) is 8.97. The predicted octanol–water partition coefficient (Wildman–Crippen LogP) is -0.362. The van der Waals surface area contributed by atoms with Crippen molar-refractivity contribution in [1.82, 2.24) is 15.4 Å². The van der Waals surface area contributed by atoms with Crippen molar-refractivity contribution in [2.75, 3.05) is 32.7 Å². The van der Waals surface area contributed by atoms with Crippen LogP contribution in [0.3, 0.4) is 0 Å². The molecule has 0 amide bonds. The molecule has 0 radical (unpaired) electrons. The van der Waals surface area contributed by atoms with Crippen LogP contribution in [0.25, 0.3) is 0 Å². The molecule has 0 aromatic carbocycles. The second kappa shape index (κ2) is 4.77. The van der Waals surface area contributed by atoms with E-state index >= 15 is 0 Å². The van der Waals surface area contributed by atoms with Gasteiger partial charge in [-0.2, -0.15) is 5.53 Å². The summed E-state index contributed by atoms with van der Waals surface area (Å²) < 4.78 is 0. The third-order valence-corrected chi connectivity index (χ3v) is 2.18. The lowest BCUT2D eigenvalue weighted by Crippen LogP contribution is -2.54. The SMILES string of the molecule is CC(C)CN1CCN(NN)CC1. The minimum absolute atomic E-state index is 0.766. The van der Waals surface area contributed by atoms with Gasteiger partial charge in [-0.1, -0.05) is 13.8 Å².